The van der Waals surface area contributed by atoms with Crippen molar-refractivity contribution in [2.45, 2.75) is 13.5 Å². The van der Waals surface area contributed by atoms with E-state index in [9.17, 15) is 9.59 Å². The number of furan rings is 1. The van der Waals surface area contributed by atoms with E-state index in [1.807, 2.05) is 0 Å². The van der Waals surface area contributed by atoms with Gasteiger partial charge in [0.05, 0.1) is 31.3 Å². The minimum absolute atomic E-state index is 0.0379. The molecule has 0 saturated carbocycles. The number of para-hydroxylation sites is 2. The first-order valence-corrected chi connectivity index (χ1v) is 10.8. The van der Waals surface area contributed by atoms with Gasteiger partial charge < -0.3 is 19.4 Å². The molecule has 174 valence electrons. The van der Waals surface area contributed by atoms with Crippen molar-refractivity contribution in [1.82, 2.24) is 19.7 Å². The summed E-state index contributed by atoms with van der Waals surface area (Å²) in [5.41, 5.74) is 1.21. The minimum atomic E-state index is -0.512. The Bertz CT molecular complexity index is 1290. The van der Waals surface area contributed by atoms with E-state index in [1.54, 1.807) is 72.3 Å². The molecule has 2 amide bonds. The normalized spacial score (nSPS) is 10.7. The molecule has 9 nitrogen and oxygen atoms in total. The molecule has 2 aromatic heterocycles. The third-order valence-electron chi connectivity index (χ3n) is 4.96. The molecule has 4 aromatic rings. The van der Waals surface area contributed by atoms with Crippen LogP contribution in [0.15, 0.2) is 71.3 Å². The van der Waals surface area contributed by atoms with Crippen LogP contribution in [0.5, 0.6) is 5.75 Å². The lowest BCUT2D eigenvalue weighted by Gasteiger charge is -2.20. The molecule has 1 N–H and O–H groups in total. The van der Waals surface area contributed by atoms with Crippen LogP contribution in [-0.2, 0) is 11.3 Å². The highest BCUT2D eigenvalue weighted by Crippen LogP contribution is 2.23. The van der Waals surface area contributed by atoms with E-state index < -0.39 is 11.8 Å². The van der Waals surface area contributed by atoms with Crippen molar-refractivity contribution < 1.29 is 18.7 Å². The van der Waals surface area contributed by atoms with Gasteiger partial charge in [0.25, 0.3) is 5.91 Å². The van der Waals surface area contributed by atoms with E-state index in [2.05, 4.69) is 15.4 Å². The zero-order valence-electron chi connectivity index (χ0n) is 18.6. The van der Waals surface area contributed by atoms with Gasteiger partial charge in [0, 0.05) is 5.02 Å². The molecule has 4 rings (SSSR count). The monoisotopic (exact) mass is 479 g/mol. The summed E-state index contributed by atoms with van der Waals surface area (Å²) in [6.45, 7) is 1.56. The van der Waals surface area contributed by atoms with Crippen LogP contribution in [0.2, 0.25) is 5.02 Å². The fourth-order valence-corrected chi connectivity index (χ4v) is 3.48. The van der Waals surface area contributed by atoms with Gasteiger partial charge in [-0.15, -0.1) is 5.10 Å². The number of amides is 2. The molecule has 0 aliphatic rings. The Morgan fingerprint density at radius 2 is 1.88 bits per heavy atom. The van der Waals surface area contributed by atoms with Gasteiger partial charge in [0.2, 0.25) is 11.7 Å². The smallest absolute Gasteiger partial charge is 0.294 e. The first-order valence-electron chi connectivity index (χ1n) is 10.4. The van der Waals surface area contributed by atoms with Gasteiger partial charge in [0.1, 0.15) is 23.9 Å². The number of nitrogens with zero attached hydrogens (tertiary/aromatic N) is 4. The predicted octanol–water partition coefficient (Wildman–Crippen LogP) is 4.11. The lowest BCUT2D eigenvalue weighted by atomic mass is 10.3. The maximum atomic E-state index is 13.4. The number of anilines is 1. The Labute approximate surface area is 200 Å². The fourth-order valence-electron chi connectivity index (χ4n) is 3.35. The van der Waals surface area contributed by atoms with Crippen molar-refractivity contribution in [3.8, 4) is 11.4 Å². The van der Waals surface area contributed by atoms with Crippen molar-refractivity contribution in [2.24, 2.45) is 0 Å². The third kappa shape index (κ3) is 5.26. The van der Waals surface area contributed by atoms with Gasteiger partial charge in [-0.05, 0) is 55.5 Å². The van der Waals surface area contributed by atoms with Crippen molar-refractivity contribution >= 4 is 29.1 Å². The number of nitrogens with one attached hydrogen (secondary N) is 1. The van der Waals surface area contributed by atoms with Crippen LogP contribution in [0.25, 0.3) is 5.69 Å². The molecule has 0 saturated heterocycles. The van der Waals surface area contributed by atoms with Gasteiger partial charge in [-0.1, -0.05) is 23.7 Å². The highest BCUT2D eigenvalue weighted by molar-refractivity contribution is 6.30. The summed E-state index contributed by atoms with van der Waals surface area (Å²) in [5.74, 6) is 0.595. The number of rotatable bonds is 8. The molecular weight excluding hydrogens is 458 g/mol. The lowest BCUT2D eigenvalue weighted by Crippen LogP contribution is -2.38. The van der Waals surface area contributed by atoms with E-state index >= 15 is 0 Å². The molecule has 34 heavy (non-hydrogen) atoms. The summed E-state index contributed by atoms with van der Waals surface area (Å²) in [7, 11) is 1.52. The van der Waals surface area contributed by atoms with E-state index in [0.29, 0.717) is 33.7 Å². The van der Waals surface area contributed by atoms with Crippen LogP contribution < -0.4 is 10.1 Å². The number of hydrogen-bond acceptors (Lipinski definition) is 6. The average Bonchev–Trinajstić information content (AvgIpc) is 3.49. The number of hydrogen-bond donors (Lipinski definition) is 1. The standard InChI is InChI=1S/C24H22ClN5O4/c1-16-26-23(28-30(16)18-11-9-17(25)10-12-18)24(32)29(14-19-6-5-13-34-19)15-22(31)27-20-7-3-4-8-21(20)33-2/h3-13H,14-15H2,1-2H3,(H,27,31). The van der Waals surface area contributed by atoms with Crippen LogP contribution >= 0.6 is 11.6 Å². The van der Waals surface area contributed by atoms with Crippen molar-refractivity contribution in [2.75, 3.05) is 19.0 Å². The zero-order valence-corrected chi connectivity index (χ0v) is 19.3. The number of carbonyl (C=O) groups excluding carboxylic acids is 2. The Kier molecular flexibility index (Phi) is 6.93. The first kappa shape index (κ1) is 23.1. The average molecular weight is 480 g/mol. The summed E-state index contributed by atoms with van der Waals surface area (Å²) in [5, 5.41) is 7.73. The molecule has 10 heteroatoms. The Morgan fingerprint density at radius 1 is 1.12 bits per heavy atom. The fraction of sp³-hybridized carbons (Fsp3) is 0.167. The third-order valence-corrected chi connectivity index (χ3v) is 5.21. The number of carbonyl (C=O) groups is 2. The maximum absolute atomic E-state index is 13.4. The summed E-state index contributed by atoms with van der Waals surface area (Å²) < 4.78 is 12.2. The number of ether oxygens (including phenoxy) is 1. The van der Waals surface area contributed by atoms with Crippen LogP contribution in [0.1, 0.15) is 22.2 Å². The molecule has 0 atom stereocenters. The van der Waals surface area contributed by atoms with Gasteiger partial charge in [0.15, 0.2) is 0 Å². The second-order valence-corrected chi connectivity index (χ2v) is 7.80. The number of aromatic nitrogens is 3. The van der Waals surface area contributed by atoms with Crippen molar-refractivity contribution in [1.29, 1.82) is 0 Å². The highest BCUT2D eigenvalue weighted by Gasteiger charge is 2.25. The largest absolute Gasteiger partial charge is 0.495 e. The Balaban J connectivity index is 1.57. The van der Waals surface area contributed by atoms with Crippen molar-refractivity contribution in [3.63, 3.8) is 0 Å². The number of halogens is 1. The van der Waals surface area contributed by atoms with Gasteiger partial charge in [-0.2, -0.15) is 0 Å². The van der Waals surface area contributed by atoms with Crippen LogP contribution in [-0.4, -0.2) is 45.1 Å². The SMILES string of the molecule is COc1ccccc1NC(=O)CN(Cc1ccco1)C(=O)c1nc(C)n(-c2ccc(Cl)cc2)n1. The van der Waals surface area contributed by atoms with Crippen molar-refractivity contribution in [3.05, 3.63) is 89.4 Å². The number of methoxy groups -OCH3 is 1. The van der Waals surface area contributed by atoms with Crippen LogP contribution in [0, 0.1) is 6.92 Å². The summed E-state index contributed by atoms with van der Waals surface area (Å²) in [4.78, 5) is 31.8. The lowest BCUT2D eigenvalue weighted by molar-refractivity contribution is -0.117. The number of benzene rings is 2. The topological polar surface area (TPSA) is 102 Å². The summed E-state index contributed by atoms with van der Waals surface area (Å²) in [6, 6.07) is 17.5. The summed E-state index contributed by atoms with van der Waals surface area (Å²) >= 11 is 5.97. The second kappa shape index (κ2) is 10.2. The predicted molar refractivity (Wildman–Crippen MR) is 126 cm³/mol. The van der Waals surface area contributed by atoms with E-state index in [0.717, 1.165) is 0 Å². The number of aryl methyl sites for hydroxylation is 1. The van der Waals surface area contributed by atoms with Gasteiger partial charge in [-0.25, -0.2) is 9.67 Å². The maximum Gasteiger partial charge on any atom is 0.294 e. The molecule has 0 spiro atoms. The second-order valence-electron chi connectivity index (χ2n) is 7.36. The van der Waals surface area contributed by atoms with E-state index in [-0.39, 0.29) is 18.9 Å². The molecule has 0 unspecified atom stereocenters. The molecule has 2 heterocycles. The van der Waals surface area contributed by atoms with Crippen LogP contribution in [0.4, 0.5) is 5.69 Å². The molecule has 0 aliphatic carbocycles. The zero-order chi connectivity index (χ0) is 24.1. The quantitative estimate of drug-likeness (QED) is 0.408. The summed E-state index contributed by atoms with van der Waals surface area (Å²) in [6.07, 6.45) is 1.50. The van der Waals surface area contributed by atoms with Gasteiger partial charge in [-0.3, -0.25) is 9.59 Å². The molecule has 0 radical (unpaired) electrons. The van der Waals surface area contributed by atoms with E-state index in [4.69, 9.17) is 20.8 Å². The molecule has 0 aliphatic heterocycles. The molecule has 2 aromatic carbocycles. The highest BCUT2D eigenvalue weighted by atomic mass is 35.5. The first-order chi connectivity index (χ1) is 16.4. The Hall–Kier alpha value is -4.11. The Morgan fingerprint density at radius 3 is 2.59 bits per heavy atom. The van der Waals surface area contributed by atoms with E-state index in [1.165, 1.54) is 18.3 Å². The molecule has 0 bridgehead atoms. The molecule has 0 fully saturated rings. The van der Waals surface area contributed by atoms with Crippen LogP contribution in [0.3, 0.4) is 0 Å². The minimum Gasteiger partial charge on any atom is -0.495 e. The van der Waals surface area contributed by atoms with Gasteiger partial charge >= 0.3 is 0 Å². The molecular formula is C24H22ClN5O4.